The molecule has 2 fully saturated rings. The lowest BCUT2D eigenvalue weighted by Gasteiger charge is -2.35. The molecule has 33 heavy (non-hydrogen) atoms. The van der Waals surface area contributed by atoms with Gasteiger partial charge in [-0.1, -0.05) is 39.5 Å². The topological polar surface area (TPSA) is 96.0 Å². The van der Waals surface area contributed by atoms with Crippen LogP contribution >= 0.6 is 0 Å². The number of hydrogen-bond acceptors (Lipinski definition) is 5. The van der Waals surface area contributed by atoms with E-state index in [0.29, 0.717) is 36.4 Å². The van der Waals surface area contributed by atoms with Crippen molar-refractivity contribution in [2.45, 2.75) is 69.7 Å². The Morgan fingerprint density at radius 3 is 2.55 bits per heavy atom. The van der Waals surface area contributed by atoms with E-state index >= 15 is 0 Å². The molecule has 0 spiro atoms. The Hall–Kier alpha value is -2.13. The molecular weight excluding hydrogens is 442 g/mol. The van der Waals surface area contributed by atoms with Gasteiger partial charge >= 0.3 is 0 Å². The second kappa shape index (κ2) is 10.0. The molecular formula is C24H35N3O5S. The van der Waals surface area contributed by atoms with Crippen LogP contribution in [0.25, 0.3) is 0 Å². The van der Waals surface area contributed by atoms with Gasteiger partial charge in [0.15, 0.2) is 6.61 Å². The molecule has 2 amide bonds. The quantitative estimate of drug-likeness (QED) is 0.704. The van der Waals surface area contributed by atoms with Gasteiger partial charge in [-0.25, -0.2) is 8.42 Å². The van der Waals surface area contributed by atoms with Crippen LogP contribution in [0.2, 0.25) is 0 Å². The predicted octanol–water partition coefficient (Wildman–Crippen LogP) is 2.92. The highest BCUT2D eigenvalue weighted by Gasteiger charge is 2.33. The van der Waals surface area contributed by atoms with E-state index in [1.54, 1.807) is 6.07 Å². The zero-order valence-corrected chi connectivity index (χ0v) is 20.4. The first kappa shape index (κ1) is 24.0. The van der Waals surface area contributed by atoms with Gasteiger partial charge in [-0.3, -0.25) is 14.5 Å². The van der Waals surface area contributed by atoms with Gasteiger partial charge in [-0.05, 0) is 49.3 Å². The third kappa shape index (κ3) is 5.19. The van der Waals surface area contributed by atoms with Crippen molar-refractivity contribution in [3.05, 3.63) is 18.2 Å². The molecule has 0 aromatic heterocycles. The summed E-state index contributed by atoms with van der Waals surface area (Å²) in [6.45, 7) is 5.04. The summed E-state index contributed by atoms with van der Waals surface area (Å²) in [6, 6.07) is 4.68. The summed E-state index contributed by atoms with van der Waals surface area (Å²) in [6.07, 6.45) is 6.92. The van der Waals surface area contributed by atoms with Crippen molar-refractivity contribution >= 4 is 27.5 Å². The van der Waals surface area contributed by atoms with E-state index in [2.05, 4.69) is 19.2 Å². The van der Waals surface area contributed by atoms with Crippen LogP contribution < -0.4 is 15.0 Å². The van der Waals surface area contributed by atoms with E-state index in [0.717, 1.165) is 44.9 Å². The van der Waals surface area contributed by atoms with Gasteiger partial charge in [0.05, 0.1) is 10.6 Å². The summed E-state index contributed by atoms with van der Waals surface area (Å²) in [7, 11) is -3.69. The molecule has 1 aliphatic carbocycles. The molecule has 2 aliphatic heterocycles. The molecule has 3 unspecified atom stereocenters. The number of nitrogens with one attached hydrogen (secondary N) is 1. The molecule has 0 radical (unpaired) electrons. The summed E-state index contributed by atoms with van der Waals surface area (Å²) >= 11 is 0. The smallest absolute Gasteiger partial charge is 0.265 e. The third-order valence-electron chi connectivity index (χ3n) is 7.43. The van der Waals surface area contributed by atoms with Gasteiger partial charge in [0.2, 0.25) is 15.9 Å². The zero-order chi connectivity index (χ0) is 23.6. The number of anilines is 1. The van der Waals surface area contributed by atoms with Crippen LogP contribution in [0.5, 0.6) is 5.75 Å². The minimum Gasteiger partial charge on any atom is -0.482 e. The number of ether oxygens (including phenoxy) is 1. The van der Waals surface area contributed by atoms with Gasteiger partial charge in [0.1, 0.15) is 12.3 Å². The van der Waals surface area contributed by atoms with Crippen LogP contribution in [0.4, 0.5) is 5.69 Å². The Morgan fingerprint density at radius 2 is 1.82 bits per heavy atom. The van der Waals surface area contributed by atoms with Crippen molar-refractivity contribution in [3.63, 3.8) is 0 Å². The average Bonchev–Trinajstić information content (AvgIpc) is 3.09. The number of sulfonamides is 1. The lowest BCUT2D eigenvalue weighted by atomic mass is 9.78. The summed E-state index contributed by atoms with van der Waals surface area (Å²) in [5, 5.41) is 3.10. The summed E-state index contributed by atoms with van der Waals surface area (Å²) in [4.78, 5) is 27.0. The van der Waals surface area contributed by atoms with Crippen molar-refractivity contribution in [1.82, 2.24) is 9.62 Å². The highest BCUT2D eigenvalue weighted by atomic mass is 32.2. The molecule has 1 saturated carbocycles. The maximum absolute atomic E-state index is 13.3. The number of rotatable bonds is 5. The van der Waals surface area contributed by atoms with Gasteiger partial charge in [-0.15, -0.1) is 0 Å². The lowest BCUT2D eigenvalue weighted by Crippen LogP contribution is -2.50. The molecule has 3 aliphatic rings. The highest BCUT2D eigenvalue weighted by Crippen LogP contribution is 2.35. The van der Waals surface area contributed by atoms with E-state index in [4.69, 9.17) is 4.74 Å². The molecule has 3 atom stereocenters. The maximum Gasteiger partial charge on any atom is 0.265 e. The molecule has 1 aromatic carbocycles. The van der Waals surface area contributed by atoms with Crippen LogP contribution in [-0.4, -0.2) is 56.8 Å². The monoisotopic (exact) mass is 477 g/mol. The van der Waals surface area contributed by atoms with E-state index in [1.165, 1.54) is 21.3 Å². The first-order chi connectivity index (χ1) is 15.8. The molecule has 4 rings (SSSR count). The molecule has 1 N–H and O–H groups in total. The standard InChI is InChI=1S/C24H35N3O5S/c1-17-8-7-9-20(18(17)2)25-23(28)15-27-21-14-19(10-11-22(21)32-16-24(27)29)33(30,31)26-12-5-3-4-6-13-26/h10-11,14,17-18,20H,3-9,12-13,15-16H2,1-2H3,(H,25,28). The zero-order valence-electron chi connectivity index (χ0n) is 19.6. The molecule has 182 valence electrons. The van der Waals surface area contributed by atoms with Crippen LogP contribution in [0.3, 0.4) is 0 Å². The Balaban J connectivity index is 1.54. The predicted molar refractivity (Wildman–Crippen MR) is 126 cm³/mol. The summed E-state index contributed by atoms with van der Waals surface area (Å²) in [5.41, 5.74) is 0.336. The van der Waals surface area contributed by atoms with Crippen molar-refractivity contribution in [2.24, 2.45) is 11.8 Å². The van der Waals surface area contributed by atoms with E-state index in [-0.39, 0.29) is 35.9 Å². The largest absolute Gasteiger partial charge is 0.482 e. The summed E-state index contributed by atoms with van der Waals surface area (Å²) in [5.74, 6) is 0.745. The Morgan fingerprint density at radius 1 is 1.09 bits per heavy atom. The Labute approximate surface area is 196 Å². The van der Waals surface area contributed by atoms with E-state index < -0.39 is 10.0 Å². The van der Waals surface area contributed by atoms with Crippen molar-refractivity contribution in [2.75, 3.05) is 31.1 Å². The molecule has 1 saturated heterocycles. The molecule has 8 nitrogen and oxygen atoms in total. The SMILES string of the molecule is CC1CCCC(NC(=O)CN2C(=O)COc3ccc(S(=O)(=O)N4CCCCCC4)cc32)C1C. The van der Waals surface area contributed by atoms with E-state index in [9.17, 15) is 18.0 Å². The van der Waals surface area contributed by atoms with Crippen molar-refractivity contribution in [1.29, 1.82) is 0 Å². The summed E-state index contributed by atoms with van der Waals surface area (Å²) < 4.78 is 33.6. The second-order valence-electron chi connectivity index (χ2n) is 9.66. The Bertz CT molecular complexity index is 988. The van der Waals surface area contributed by atoms with Gasteiger partial charge in [0, 0.05) is 19.1 Å². The minimum atomic E-state index is -3.69. The van der Waals surface area contributed by atoms with Crippen LogP contribution in [-0.2, 0) is 19.6 Å². The average molecular weight is 478 g/mol. The van der Waals surface area contributed by atoms with Crippen LogP contribution in [0, 0.1) is 11.8 Å². The van der Waals surface area contributed by atoms with Crippen LogP contribution in [0.1, 0.15) is 58.8 Å². The molecule has 1 aromatic rings. The fraction of sp³-hybridized carbons (Fsp3) is 0.667. The van der Waals surface area contributed by atoms with Crippen molar-refractivity contribution in [3.8, 4) is 5.75 Å². The number of amides is 2. The number of carbonyl (C=O) groups is 2. The Kier molecular flexibility index (Phi) is 7.28. The molecule has 2 heterocycles. The fourth-order valence-corrected chi connectivity index (χ4v) is 6.67. The molecule has 9 heteroatoms. The highest BCUT2D eigenvalue weighted by molar-refractivity contribution is 7.89. The number of hydrogen-bond donors (Lipinski definition) is 1. The third-order valence-corrected chi connectivity index (χ3v) is 9.33. The normalized spacial score (nSPS) is 26.8. The number of benzene rings is 1. The van der Waals surface area contributed by atoms with Crippen molar-refractivity contribution < 1.29 is 22.7 Å². The minimum absolute atomic E-state index is 0.0895. The van der Waals surface area contributed by atoms with Crippen LogP contribution in [0.15, 0.2) is 23.1 Å². The number of carbonyl (C=O) groups excluding carboxylic acids is 2. The molecule has 0 bridgehead atoms. The van der Waals surface area contributed by atoms with Gasteiger partial charge < -0.3 is 10.1 Å². The van der Waals surface area contributed by atoms with Gasteiger partial charge in [0.25, 0.3) is 5.91 Å². The first-order valence-corrected chi connectivity index (χ1v) is 13.6. The lowest BCUT2D eigenvalue weighted by molar-refractivity contribution is -0.126. The second-order valence-corrected chi connectivity index (χ2v) is 11.6. The number of fused-ring (bicyclic) bond motifs is 1. The first-order valence-electron chi connectivity index (χ1n) is 12.1. The maximum atomic E-state index is 13.3. The van der Waals surface area contributed by atoms with Gasteiger partial charge in [-0.2, -0.15) is 4.31 Å². The number of nitrogens with zero attached hydrogens (tertiary/aromatic N) is 2. The van der Waals surface area contributed by atoms with E-state index in [1.807, 2.05) is 0 Å². The fourth-order valence-electron chi connectivity index (χ4n) is 5.13.